The Morgan fingerprint density at radius 2 is 2.17 bits per heavy atom. The Bertz CT molecular complexity index is 893. The Hall–Kier alpha value is -1.98. The fourth-order valence-corrected chi connectivity index (χ4v) is 4.23. The van der Waals surface area contributed by atoms with Crippen LogP contribution in [0.25, 0.3) is 21.3 Å². The van der Waals surface area contributed by atoms with E-state index in [0.29, 0.717) is 6.54 Å². The van der Waals surface area contributed by atoms with Crippen LogP contribution < -0.4 is 5.56 Å². The molecule has 2 aromatic heterocycles. The van der Waals surface area contributed by atoms with E-state index in [4.69, 9.17) is 4.74 Å². The van der Waals surface area contributed by atoms with Gasteiger partial charge in [-0.05, 0) is 25.3 Å². The van der Waals surface area contributed by atoms with Crippen molar-refractivity contribution in [1.82, 2.24) is 9.55 Å². The van der Waals surface area contributed by atoms with Gasteiger partial charge in [-0.15, -0.1) is 11.3 Å². The molecule has 3 aromatic rings. The molecule has 4 nitrogen and oxygen atoms in total. The van der Waals surface area contributed by atoms with Gasteiger partial charge in [-0.25, -0.2) is 4.98 Å². The molecular formula is C18H18N2O2S. The Morgan fingerprint density at radius 3 is 2.91 bits per heavy atom. The highest BCUT2D eigenvalue weighted by atomic mass is 32.1. The average molecular weight is 326 g/mol. The minimum absolute atomic E-state index is 0.0358. The molecule has 1 aliphatic heterocycles. The Labute approximate surface area is 138 Å². The van der Waals surface area contributed by atoms with Crippen molar-refractivity contribution in [2.45, 2.75) is 32.4 Å². The van der Waals surface area contributed by atoms with Gasteiger partial charge in [-0.1, -0.05) is 30.3 Å². The van der Waals surface area contributed by atoms with Crippen LogP contribution in [0.3, 0.4) is 0 Å². The van der Waals surface area contributed by atoms with Gasteiger partial charge in [0.15, 0.2) is 0 Å². The maximum atomic E-state index is 13.0. The van der Waals surface area contributed by atoms with Crippen molar-refractivity contribution in [3.8, 4) is 11.1 Å². The fraction of sp³-hybridized carbons (Fsp3) is 0.333. The van der Waals surface area contributed by atoms with Crippen molar-refractivity contribution >= 4 is 21.6 Å². The van der Waals surface area contributed by atoms with Crippen molar-refractivity contribution in [1.29, 1.82) is 0 Å². The molecule has 4 rings (SSSR count). The third-order valence-electron chi connectivity index (χ3n) is 4.34. The number of rotatable bonds is 3. The smallest absolute Gasteiger partial charge is 0.262 e. The molecule has 1 saturated heterocycles. The number of aryl methyl sites for hydroxylation is 1. The topological polar surface area (TPSA) is 44.1 Å². The summed E-state index contributed by atoms with van der Waals surface area (Å²) >= 11 is 1.58. The quantitative estimate of drug-likeness (QED) is 0.738. The summed E-state index contributed by atoms with van der Waals surface area (Å²) in [4.78, 5) is 19.5. The van der Waals surface area contributed by atoms with Gasteiger partial charge in [0.05, 0.1) is 24.4 Å². The first-order chi connectivity index (χ1) is 11.2. The second-order valence-corrected chi connectivity index (χ2v) is 7.12. The predicted molar refractivity (Wildman–Crippen MR) is 93.0 cm³/mol. The Morgan fingerprint density at radius 1 is 1.35 bits per heavy atom. The molecule has 0 radical (unpaired) electrons. The van der Waals surface area contributed by atoms with E-state index in [-0.39, 0.29) is 11.7 Å². The van der Waals surface area contributed by atoms with Gasteiger partial charge >= 0.3 is 0 Å². The fourth-order valence-electron chi connectivity index (χ4n) is 3.23. The van der Waals surface area contributed by atoms with Crippen LogP contribution >= 0.6 is 11.3 Å². The lowest BCUT2D eigenvalue weighted by Gasteiger charge is -2.11. The number of benzene rings is 1. The number of fused-ring (bicyclic) bond motifs is 1. The van der Waals surface area contributed by atoms with E-state index in [1.807, 2.05) is 30.3 Å². The van der Waals surface area contributed by atoms with Gasteiger partial charge in [0.1, 0.15) is 4.83 Å². The molecule has 23 heavy (non-hydrogen) atoms. The minimum atomic E-state index is 0.0358. The molecule has 0 spiro atoms. The first-order valence-electron chi connectivity index (χ1n) is 7.89. The molecule has 1 fully saturated rings. The normalized spacial score (nSPS) is 17.9. The van der Waals surface area contributed by atoms with Gasteiger partial charge < -0.3 is 4.74 Å². The third kappa shape index (κ3) is 2.60. The first kappa shape index (κ1) is 14.6. The van der Waals surface area contributed by atoms with Crippen LogP contribution in [0.4, 0.5) is 0 Å². The highest BCUT2D eigenvalue weighted by Gasteiger charge is 2.20. The lowest BCUT2D eigenvalue weighted by Crippen LogP contribution is -2.26. The lowest BCUT2D eigenvalue weighted by molar-refractivity contribution is 0.0960. The van der Waals surface area contributed by atoms with Crippen LogP contribution in [0.1, 0.15) is 17.7 Å². The lowest BCUT2D eigenvalue weighted by atomic mass is 10.0. The molecule has 0 unspecified atom stereocenters. The van der Waals surface area contributed by atoms with Crippen LogP contribution in [0.2, 0.25) is 0 Å². The van der Waals surface area contributed by atoms with Crippen LogP contribution in [-0.4, -0.2) is 22.3 Å². The zero-order valence-electron chi connectivity index (χ0n) is 13.0. The van der Waals surface area contributed by atoms with Gasteiger partial charge in [-0.3, -0.25) is 9.36 Å². The maximum absolute atomic E-state index is 13.0. The van der Waals surface area contributed by atoms with E-state index in [2.05, 4.69) is 11.9 Å². The molecule has 0 aliphatic carbocycles. The molecule has 118 valence electrons. The summed E-state index contributed by atoms with van der Waals surface area (Å²) < 4.78 is 7.36. The summed E-state index contributed by atoms with van der Waals surface area (Å²) in [7, 11) is 0. The molecule has 1 aliphatic rings. The molecular weight excluding hydrogens is 308 g/mol. The standard InChI is InChI=1S/C18H18N2O2S/c1-12-15(13-6-3-2-4-7-13)16-17(23-12)19-11-20(18(16)21)10-14-8-5-9-22-14/h2-4,6-7,11,14H,5,8-10H2,1H3/t14-/m1/s1. The van der Waals surface area contributed by atoms with Crippen molar-refractivity contribution in [2.24, 2.45) is 0 Å². The van der Waals surface area contributed by atoms with Crippen molar-refractivity contribution in [3.63, 3.8) is 0 Å². The molecule has 0 N–H and O–H groups in total. The monoisotopic (exact) mass is 326 g/mol. The first-order valence-corrected chi connectivity index (χ1v) is 8.71. The molecule has 1 aromatic carbocycles. The second kappa shape index (κ2) is 5.91. The largest absolute Gasteiger partial charge is 0.376 e. The summed E-state index contributed by atoms with van der Waals surface area (Å²) in [6.45, 7) is 3.44. The molecule has 0 amide bonds. The summed E-state index contributed by atoms with van der Waals surface area (Å²) in [5.41, 5.74) is 2.13. The average Bonchev–Trinajstić information content (AvgIpc) is 3.18. The zero-order valence-corrected chi connectivity index (χ0v) is 13.8. The van der Waals surface area contributed by atoms with Gasteiger partial charge in [0.2, 0.25) is 0 Å². The second-order valence-electron chi connectivity index (χ2n) is 5.92. The number of hydrogen-bond donors (Lipinski definition) is 0. The molecule has 0 saturated carbocycles. The van der Waals surface area contributed by atoms with E-state index < -0.39 is 0 Å². The zero-order chi connectivity index (χ0) is 15.8. The maximum Gasteiger partial charge on any atom is 0.262 e. The third-order valence-corrected chi connectivity index (χ3v) is 5.35. The molecule has 0 bridgehead atoms. The highest BCUT2D eigenvalue weighted by molar-refractivity contribution is 7.19. The van der Waals surface area contributed by atoms with E-state index in [0.717, 1.165) is 45.7 Å². The minimum Gasteiger partial charge on any atom is -0.376 e. The Kier molecular flexibility index (Phi) is 3.75. The number of hydrogen-bond acceptors (Lipinski definition) is 4. The van der Waals surface area contributed by atoms with Gasteiger partial charge in [-0.2, -0.15) is 0 Å². The number of aromatic nitrogens is 2. The van der Waals surface area contributed by atoms with E-state index in [1.54, 1.807) is 22.2 Å². The van der Waals surface area contributed by atoms with Crippen LogP contribution in [0, 0.1) is 6.92 Å². The number of nitrogens with zero attached hydrogens (tertiary/aromatic N) is 2. The van der Waals surface area contributed by atoms with Crippen LogP contribution in [-0.2, 0) is 11.3 Å². The summed E-state index contributed by atoms with van der Waals surface area (Å²) in [5, 5.41) is 0.735. The van der Waals surface area contributed by atoms with E-state index >= 15 is 0 Å². The van der Waals surface area contributed by atoms with Gasteiger partial charge in [0.25, 0.3) is 5.56 Å². The van der Waals surface area contributed by atoms with Crippen molar-refractivity contribution in [2.75, 3.05) is 6.61 Å². The number of thiophene rings is 1. The van der Waals surface area contributed by atoms with Crippen molar-refractivity contribution in [3.05, 3.63) is 51.9 Å². The predicted octanol–water partition coefficient (Wildman–Crippen LogP) is 3.61. The summed E-state index contributed by atoms with van der Waals surface area (Å²) in [5.74, 6) is 0. The Balaban J connectivity index is 1.87. The van der Waals surface area contributed by atoms with E-state index in [1.165, 1.54) is 0 Å². The molecule has 3 heterocycles. The van der Waals surface area contributed by atoms with Crippen molar-refractivity contribution < 1.29 is 4.74 Å². The van der Waals surface area contributed by atoms with Crippen LogP contribution in [0.5, 0.6) is 0 Å². The van der Waals surface area contributed by atoms with Gasteiger partial charge in [0, 0.05) is 17.0 Å². The van der Waals surface area contributed by atoms with E-state index in [9.17, 15) is 4.79 Å². The molecule has 1 atom stereocenters. The number of ether oxygens (including phenoxy) is 1. The molecule has 5 heteroatoms. The SMILES string of the molecule is Cc1sc2ncn(C[C@H]3CCCO3)c(=O)c2c1-c1ccccc1. The summed E-state index contributed by atoms with van der Waals surface area (Å²) in [6.07, 6.45) is 3.88. The highest BCUT2D eigenvalue weighted by Crippen LogP contribution is 2.35. The van der Waals surface area contributed by atoms with Crippen LogP contribution in [0.15, 0.2) is 41.5 Å². The summed E-state index contributed by atoms with van der Waals surface area (Å²) in [6, 6.07) is 10.1.